The van der Waals surface area contributed by atoms with Crippen molar-refractivity contribution in [2.75, 3.05) is 5.73 Å². The fourth-order valence-electron chi connectivity index (χ4n) is 3.60. The number of rotatable bonds is 7. The monoisotopic (exact) mass is 538 g/mol. The zero-order valence-electron chi connectivity index (χ0n) is 17.3. The molecule has 0 saturated carbocycles. The number of halogens is 1. The van der Waals surface area contributed by atoms with Crippen LogP contribution in [0, 0.1) is 10.1 Å². The van der Waals surface area contributed by atoms with Crippen molar-refractivity contribution < 1.29 is 29.6 Å². The van der Waals surface area contributed by atoms with Crippen molar-refractivity contribution in [3.05, 3.63) is 61.7 Å². The van der Waals surface area contributed by atoms with Gasteiger partial charge in [0.1, 0.15) is 22.8 Å². The van der Waals surface area contributed by atoms with Crippen molar-refractivity contribution in [3.63, 3.8) is 0 Å². The number of hydrogen-bond donors (Lipinski definition) is 4. The number of carboxylic acid groups (broad SMARTS) is 1. The molecule has 1 aromatic carbocycles. The number of non-ortho nitro benzene ring substituents is 1. The number of hydrogen-bond acceptors (Lipinski definition) is 11. The van der Waals surface area contributed by atoms with Crippen LogP contribution >= 0.6 is 34.7 Å². The van der Waals surface area contributed by atoms with Crippen LogP contribution in [0.3, 0.4) is 0 Å². The first-order chi connectivity index (χ1) is 16.6. The van der Waals surface area contributed by atoms with E-state index in [9.17, 15) is 34.8 Å². The Labute approximate surface area is 209 Å². The van der Waals surface area contributed by atoms with Gasteiger partial charge in [0.15, 0.2) is 10.8 Å². The first-order valence-corrected chi connectivity index (χ1v) is 11.9. The highest BCUT2D eigenvalue weighted by Gasteiger charge is 2.56. The Morgan fingerprint density at radius 2 is 2.03 bits per heavy atom. The number of carbonyl (C=O) groups is 3. The third-order valence-corrected chi connectivity index (χ3v) is 7.97. The lowest BCUT2D eigenvalue weighted by Crippen LogP contribution is -2.71. The number of carbonyl (C=O) groups excluding carboxylic acids is 2. The normalized spacial score (nSPS) is 21.9. The summed E-state index contributed by atoms with van der Waals surface area (Å²) in [6.45, 7) is 0. The summed E-state index contributed by atoms with van der Waals surface area (Å²) in [4.78, 5) is 52.5. The van der Waals surface area contributed by atoms with Crippen molar-refractivity contribution in [2.24, 2.45) is 5.16 Å². The molecule has 2 amide bonds. The topological polar surface area (TPSA) is 201 Å². The summed E-state index contributed by atoms with van der Waals surface area (Å²) in [6.07, 6.45) is 0.221. The molecule has 13 nitrogen and oxygen atoms in total. The number of aliphatic carboxylic acids is 1. The van der Waals surface area contributed by atoms with Crippen molar-refractivity contribution in [1.29, 1.82) is 0 Å². The predicted molar refractivity (Wildman–Crippen MR) is 126 cm³/mol. The number of carboxylic acids is 1. The van der Waals surface area contributed by atoms with E-state index in [1.54, 1.807) is 0 Å². The number of amides is 2. The van der Waals surface area contributed by atoms with Crippen LogP contribution in [-0.4, -0.2) is 65.3 Å². The Bertz CT molecular complexity index is 1290. The number of benzene rings is 1. The molecule has 3 heterocycles. The Morgan fingerprint density at radius 1 is 1.34 bits per heavy atom. The maximum atomic E-state index is 12.8. The van der Waals surface area contributed by atoms with Gasteiger partial charge in [-0.1, -0.05) is 28.9 Å². The minimum Gasteiger partial charge on any atom is -0.477 e. The van der Waals surface area contributed by atoms with Crippen molar-refractivity contribution >= 4 is 69.0 Å². The van der Waals surface area contributed by atoms with Gasteiger partial charge in [0.05, 0.1) is 9.96 Å². The van der Waals surface area contributed by atoms with Gasteiger partial charge in [0.2, 0.25) is 0 Å². The number of thiazole rings is 1. The highest BCUT2D eigenvalue weighted by atomic mass is 35.5. The number of nitrogen functional groups attached to an aromatic ring is 1. The zero-order chi connectivity index (χ0) is 25.4. The predicted octanol–water partition coefficient (Wildman–Crippen LogP) is 1.36. The van der Waals surface area contributed by atoms with Crippen LogP contribution in [0.5, 0.6) is 0 Å². The SMILES string of the molecule is Nc1nc(C(=NO)C(=O)NC2C(=O)N3C(C(=O)O)=C(Cl)C(Cc4ccc([N+](=O)[O-])cc4)S[C@H]23)cs1. The van der Waals surface area contributed by atoms with E-state index in [0.717, 1.165) is 28.0 Å². The quantitative estimate of drug-likeness (QED) is 0.131. The highest BCUT2D eigenvalue weighted by molar-refractivity contribution is 8.01. The van der Waals surface area contributed by atoms with Gasteiger partial charge in [-0.05, 0) is 12.0 Å². The average molecular weight is 539 g/mol. The van der Waals surface area contributed by atoms with Gasteiger partial charge >= 0.3 is 5.97 Å². The van der Waals surface area contributed by atoms with Gasteiger partial charge in [0.25, 0.3) is 17.5 Å². The number of fused-ring (bicyclic) bond motifs is 1. The first kappa shape index (κ1) is 24.4. The lowest BCUT2D eigenvalue weighted by atomic mass is 10.0. The summed E-state index contributed by atoms with van der Waals surface area (Å²) in [5.41, 5.74) is 5.26. The minimum absolute atomic E-state index is 0.0117. The number of nitro groups is 1. The Hall–Kier alpha value is -3.69. The number of anilines is 1. The van der Waals surface area contributed by atoms with Crippen LogP contribution in [0.25, 0.3) is 0 Å². The molecule has 2 unspecified atom stereocenters. The van der Waals surface area contributed by atoms with Gasteiger partial charge in [-0.3, -0.25) is 24.6 Å². The molecule has 2 aliphatic rings. The van der Waals surface area contributed by atoms with E-state index in [2.05, 4.69) is 15.5 Å². The van der Waals surface area contributed by atoms with Crippen LogP contribution in [-0.2, 0) is 20.8 Å². The number of oxime groups is 1. The molecule has 5 N–H and O–H groups in total. The van der Waals surface area contributed by atoms with Gasteiger partial charge in [0, 0.05) is 22.8 Å². The van der Waals surface area contributed by atoms with E-state index in [0.29, 0.717) is 5.56 Å². The standard InChI is InChI=1S/C19H15ClN6O7S2/c20-11-10(5-7-1-3-8(4-2-7)26(32)33)35-17-13(16(28)25(17)14(11)18(29)30)23-15(27)12(24-31)9-6-34-19(21)22-9/h1-4,6,10,13,17,31H,5H2,(H2,21,22)(H,23,27)(H,29,30)/t10?,13?,17-/m1/s1. The van der Waals surface area contributed by atoms with Gasteiger partial charge < -0.3 is 21.4 Å². The summed E-state index contributed by atoms with van der Waals surface area (Å²) < 4.78 is 0. The average Bonchev–Trinajstić information content (AvgIpc) is 3.24. The Kier molecular flexibility index (Phi) is 6.64. The third kappa shape index (κ3) is 4.52. The third-order valence-electron chi connectivity index (χ3n) is 5.23. The molecular formula is C19H15ClN6O7S2. The van der Waals surface area contributed by atoms with E-state index < -0.39 is 50.8 Å². The molecule has 1 fully saturated rings. The van der Waals surface area contributed by atoms with Crippen molar-refractivity contribution in [3.8, 4) is 0 Å². The van der Waals surface area contributed by atoms with E-state index in [4.69, 9.17) is 17.3 Å². The van der Waals surface area contributed by atoms with Crippen LogP contribution in [0.1, 0.15) is 11.3 Å². The maximum Gasteiger partial charge on any atom is 0.353 e. The number of aromatic nitrogens is 1. The van der Waals surface area contributed by atoms with Gasteiger partial charge in [-0.25, -0.2) is 9.78 Å². The zero-order valence-corrected chi connectivity index (χ0v) is 19.7. The molecule has 0 bridgehead atoms. The molecule has 2 aromatic rings. The van der Waals surface area contributed by atoms with Crippen LogP contribution in [0.15, 0.2) is 45.5 Å². The molecule has 0 aliphatic carbocycles. The van der Waals surface area contributed by atoms with Crippen LogP contribution in [0.4, 0.5) is 10.8 Å². The fourth-order valence-corrected chi connectivity index (χ4v) is 6.08. The second-order valence-corrected chi connectivity index (χ2v) is 9.94. The molecule has 0 radical (unpaired) electrons. The van der Waals surface area contributed by atoms with Crippen molar-refractivity contribution in [1.82, 2.24) is 15.2 Å². The summed E-state index contributed by atoms with van der Waals surface area (Å²) >= 11 is 8.54. The summed E-state index contributed by atoms with van der Waals surface area (Å²) in [6, 6.07) is 4.58. The lowest BCUT2D eigenvalue weighted by Gasteiger charge is -2.50. The number of nitrogens with zero attached hydrogens (tertiary/aromatic N) is 4. The second-order valence-electron chi connectivity index (χ2n) is 7.32. The molecule has 1 saturated heterocycles. The molecular weight excluding hydrogens is 524 g/mol. The highest BCUT2D eigenvalue weighted by Crippen LogP contribution is 2.46. The molecule has 2 aliphatic heterocycles. The molecule has 182 valence electrons. The number of β-lactam (4-membered cyclic amide) rings is 1. The number of nitrogens with one attached hydrogen (secondary N) is 1. The smallest absolute Gasteiger partial charge is 0.353 e. The molecule has 1 aromatic heterocycles. The molecule has 0 spiro atoms. The van der Waals surface area contributed by atoms with E-state index in [-0.39, 0.29) is 28.0 Å². The number of nitrogens with two attached hydrogens (primary N) is 1. The number of nitro benzene ring substituents is 1. The molecule has 35 heavy (non-hydrogen) atoms. The van der Waals surface area contributed by atoms with E-state index in [1.807, 2.05) is 0 Å². The van der Waals surface area contributed by atoms with Gasteiger partial charge in [-0.15, -0.1) is 23.1 Å². The Morgan fingerprint density at radius 3 is 2.57 bits per heavy atom. The summed E-state index contributed by atoms with van der Waals surface area (Å²) in [5, 5.41) is 35.3. The first-order valence-electron chi connectivity index (χ1n) is 9.71. The molecule has 16 heteroatoms. The second kappa shape index (κ2) is 9.52. The van der Waals surface area contributed by atoms with Crippen molar-refractivity contribution in [2.45, 2.75) is 23.1 Å². The van der Waals surface area contributed by atoms with E-state index in [1.165, 1.54) is 29.6 Å². The number of thioether (sulfide) groups is 1. The Balaban J connectivity index is 1.56. The summed E-state index contributed by atoms with van der Waals surface area (Å²) in [5.74, 6) is -3.02. The largest absolute Gasteiger partial charge is 0.477 e. The lowest BCUT2D eigenvalue weighted by molar-refractivity contribution is -0.384. The van der Waals surface area contributed by atoms with Gasteiger partial charge in [-0.2, -0.15) is 0 Å². The van der Waals surface area contributed by atoms with Crippen LogP contribution in [0.2, 0.25) is 0 Å². The molecule has 3 atom stereocenters. The fraction of sp³-hybridized carbons (Fsp3) is 0.211. The van der Waals surface area contributed by atoms with Crippen LogP contribution < -0.4 is 11.1 Å². The maximum absolute atomic E-state index is 12.8. The molecule has 4 rings (SSSR count). The van der Waals surface area contributed by atoms with E-state index >= 15 is 0 Å². The minimum atomic E-state index is -1.41. The summed E-state index contributed by atoms with van der Waals surface area (Å²) in [7, 11) is 0.